The summed E-state index contributed by atoms with van der Waals surface area (Å²) in [7, 11) is -0.856. The normalized spacial score (nSPS) is 21.5. The van der Waals surface area contributed by atoms with E-state index in [4.69, 9.17) is 18.9 Å². The molecule has 1 aromatic carbocycles. The van der Waals surface area contributed by atoms with Crippen molar-refractivity contribution < 1.29 is 32.2 Å². The molecule has 1 atom stereocenters. The zero-order valence-electron chi connectivity index (χ0n) is 15.2. The van der Waals surface area contributed by atoms with E-state index >= 15 is 0 Å². The predicted octanol–water partition coefficient (Wildman–Crippen LogP) is 0.509. The topological polar surface area (TPSA) is 103 Å². The number of methoxy groups -OCH3 is 1. The maximum Gasteiger partial charge on any atom is 0.257 e. The summed E-state index contributed by atoms with van der Waals surface area (Å²) in [6.07, 6.45) is 1.95. The zero-order valence-corrected chi connectivity index (χ0v) is 16.1. The summed E-state index contributed by atoms with van der Waals surface area (Å²) in [4.78, 5) is 14.3. The van der Waals surface area contributed by atoms with Crippen molar-refractivity contribution in [2.45, 2.75) is 30.3 Å². The van der Waals surface area contributed by atoms with Crippen LogP contribution in [-0.4, -0.2) is 66.0 Å². The van der Waals surface area contributed by atoms with E-state index in [2.05, 4.69) is 4.72 Å². The first-order valence-corrected chi connectivity index (χ1v) is 10.3. The Balaban J connectivity index is 1.83. The molecule has 0 unspecified atom stereocenters. The second-order valence-electron chi connectivity index (χ2n) is 6.74. The standard InChI is InChI=1S/C17H22N2O7S/c1-19-6-5-11-12(17(19)20)13(23-2)14-15(26-9-25-14)16(11)27(21,22)18-8-10-4-3-7-24-10/h10,18H,3-9H2,1-2H3/t10-/m0/s1. The fraction of sp³-hybridized carbons (Fsp3) is 0.588. The molecule has 0 spiro atoms. The van der Waals surface area contributed by atoms with E-state index in [-0.39, 0.29) is 53.1 Å². The highest BCUT2D eigenvalue weighted by atomic mass is 32.2. The van der Waals surface area contributed by atoms with Gasteiger partial charge in [0.25, 0.3) is 5.91 Å². The lowest BCUT2D eigenvalue weighted by Crippen LogP contribution is -2.37. The van der Waals surface area contributed by atoms with Gasteiger partial charge in [-0.05, 0) is 24.8 Å². The Morgan fingerprint density at radius 1 is 1.30 bits per heavy atom. The summed E-state index contributed by atoms with van der Waals surface area (Å²) in [5.74, 6) is 0.161. The van der Waals surface area contributed by atoms with Gasteiger partial charge in [0.05, 0.1) is 18.8 Å². The Morgan fingerprint density at radius 3 is 2.78 bits per heavy atom. The minimum absolute atomic E-state index is 0.0368. The third kappa shape index (κ3) is 3.01. The van der Waals surface area contributed by atoms with Crippen LogP contribution in [0.5, 0.6) is 17.2 Å². The van der Waals surface area contributed by atoms with Crippen LogP contribution in [0.15, 0.2) is 4.90 Å². The van der Waals surface area contributed by atoms with Gasteiger partial charge in [0.2, 0.25) is 22.6 Å². The Morgan fingerprint density at radius 2 is 2.07 bits per heavy atom. The van der Waals surface area contributed by atoms with Crippen molar-refractivity contribution in [1.29, 1.82) is 0 Å². The van der Waals surface area contributed by atoms with Gasteiger partial charge in [0.15, 0.2) is 11.5 Å². The SMILES string of the molecule is COc1c2c(c(S(=O)(=O)NC[C@@H]3CCCO3)c3c1C(=O)N(C)CC3)OCO2. The molecule has 0 aromatic heterocycles. The first-order valence-electron chi connectivity index (χ1n) is 8.83. The van der Waals surface area contributed by atoms with Crippen LogP contribution in [0.3, 0.4) is 0 Å². The number of fused-ring (bicyclic) bond motifs is 2. The van der Waals surface area contributed by atoms with Crippen LogP contribution in [0.4, 0.5) is 0 Å². The number of nitrogens with zero attached hydrogens (tertiary/aromatic N) is 1. The van der Waals surface area contributed by atoms with Gasteiger partial charge in [-0.2, -0.15) is 0 Å². The lowest BCUT2D eigenvalue weighted by molar-refractivity contribution is 0.0775. The number of rotatable bonds is 5. The quantitative estimate of drug-likeness (QED) is 0.771. The molecular weight excluding hydrogens is 376 g/mol. The summed E-state index contributed by atoms with van der Waals surface area (Å²) in [5.41, 5.74) is 0.618. The van der Waals surface area contributed by atoms with Crippen LogP contribution in [0.25, 0.3) is 0 Å². The van der Waals surface area contributed by atoms with Crippen LogP contribution in [0, 0.1) is 0 Å². The van der Waals surface area contributed by atoms with Crippen LogP contribution in [0.1, 0.15) is 28.8 Å². The zero-order chi connectivity index (χ0) is 19.2. The van der Waals surface area contributed by atoms with Gasteiger partial charge in [-0.1, -0.05) is 0 Å². The van der Waals surface area contributed by atoms with E-state index in [0.717, 1.165) is 12.8 Å². The largest absolute Gasteiger partial charge is 0.492 e. The molecule has 1 aromatic rings. The van der Waals surface area contributed by atoms with Crippen molar-refractivity contribution in [3.8, 4) is 17.2 Å². The van der Waals surface area contributed by atoms with Gasteiger partial charge in [-0.15, -0.1) is 0 Å². The molecule has 4 rings (SSSR count). The predicted molar refractivity (Wildman–Crippen MR) is 93.9 cm³/mol. The fourth-order valence-corrected chi connectivity index (χ4v) is 5.19. The average Bonchev–Trinajstić information content (AvgIpc) is 3.32. The smallest absolute Gasteiger partial charge is 0.257 e. The number of carbonyl (C=O) groups excluding carboxylic acids is 1. The van der Waals surface area contributed by atoms with Gasteiger partial charge in [0.1, 0.15) is 4.90 Å². The number of nitrogens with one attached hydrogen (secondary N) is 1. The Hall–Kier alpha value is -2.04. The average molecular weight is 398 g/mol. The summed E-state index contributed by atoms with van der Waals surface area (Å²) >= 11 is 0. The lowest BCUT2D eigenvalue weighted by Gasteiger charge is -2.28. The van der Waals surface area contributed by atoms with Gasteiger partial charge in [0, 0.05) is 26.7 Å². The van der Waals surface area contributed by atoms with E-state index in [9.17, 15) is 13.2 Å². The van der Waals surface area contributed by atoms with E-state index in [1.165, 1.54) is 12.0 Å². The molecule has 3 aliphatic heterocycles. The third-order valence-corrected chi connectivity index (χ3v) is 6.60. The molecule has 0 bridgehead atoms. The molecule has 1 amide bonds. The second-order valence-corrected chi connectivity index (χ2v) is 8.45. The van der Waals surface area contributed by atoms with Crippen molar-refractivity contribution in [3.05, 3.63) is 11.1 Å². The van der Waals surface area contributed by atoms with Crippen LogP contribution in [-0.2, 0) is 21.2 Å². The number of ether oxygens (including phenoxy) is 4. The van der Waals surface area contributed by atoms with Gasteiger partial charge in [-0.25, -0.2) is 13.1 Å². The van der Waals surface area contributed by atoms with Crippen molar-refractivity contribution in [2.75, 3.05) is 40.6 Å². The molecule has 0 saturated carbocycles. The van der Waals surface area contributed by atoms with Gasteiger partial charge >= 0.3 is 0 Å². The summed E-state index contributed by atoms with van der Waals surface area (Å²) in [6.45, 7) is 1.08. The summed E-state index contributed by atoms with van der Waals surface area (Å²) in [6, 6.07) is 0. The lowest BCUT2D eigenvalue weighted by atomic mass is 9.97. The Kier molecular flexibility index (Phi) is 4.65. The second kappa shape index (κ2) is 6.84. The summed E-state index contributed by atoms with van der Waals surface area (Å²) < 4.78 is 50.7. The van der Waals surface area contributed by atoms with Crippen LogP contribution < -0.4 is 18.9 Å². The molecule has 0 aliphatic carbocycles. The number of sulfonamides is 1. The minimum atomic E-state index is -3.94. The van der Waals surface area contributed by atoms with Crippen LogP contribution in [0.2, 0.25) is 0 Å². The number of amides is 1. The first-order chi connectivity index (χ1) is 12.9. The molecule has 1 saturated heterocycles. The molecule has 148 valence electrons. The number of hydrogen-bond donors (Lipinski definition) is 1. The molecular formula is C17H22N2O7S. The third-order valence-electron chi connectivity index (χ3n) is 5.08. The van der Waals surface area contributed by atoms with Gasteiger partial charge < -0.3 is 23.8 Å². The molecule has 27 heavy (non-hydrogen) atoms. The van der Waals surface area contributed by atoms with Crippen molar-refractivity contribution >= 4 is 15.9 Å². The molecule has 3 aliphatic rings. The number of carbonyl (C=O) groups is 1. The highest BCUT2D eigenvalue weighted by Gasteiger charge is 2.40. The van der Waals surface area contributed by atoms with Crippen molar-refractivity contribution in [3.63, 3.8) is 0 Å². The molecule has 1 N–H and O–H groups in total. The maximum absolute atomic E-state index is 13.1. The summed E-state index contributed by atoms with van der Waals surface area (Å²) in [5, 5.41) is 0. The number of benzene rings is 1. The molecule has 10 heteroatoms. The molecule has 3 heterocycles. The highest BCUT2D eigenvalue weighted by molar-refractivity contribution is 7.89. The first kappa shape index (κ1) is 18.3. The maximum atomic E-state index is 13.1. The van der Waals surface area contributed by atoms with E-state index < -0.39 is 10.0 Å². The van der Waals surface area contributed by atoms with Crippen molar-refractivity contribution in [1.82, 2.24) is 9.62 Å². The van der Waals surface area contributed by atoms with E-state index in [1.807, 2.05) is 0 Å². The molecule has 1 fully saturated rings. The highest BCUT2D eigenvalue weighted by Crippen LogP contribution is 2.51. The minimum Gasteiger partial charge on any atom is -0.492 e. The monoisotopic (exact) mass is 398 g/mol. The Bertz CT molecular complexity index is 878. The fourth-order valence-electron chi connectivity index (χ4n) is 3.71. The van der Waals surface area contributed by atoms with Crippen molar-refractivity contribution in [2.24, 2.45) is 0 Å². The molecule has 9 nitrogen and oxygen atoms in total. The van der Waals surface area contributed by atoms with Gasteiger partial charge in [-0.3, -0.25) is 4.79 Å². The van der Waals surface area contributed by atoms with E-state index in [0.29, 0.717) is 25.1 Å². The molecule has 0 radical (unpaired) electrons. The number of likely N-dealkylation sites (N-methyl/N-ethyl adjacent to an activating group) is 1. The van der Waals surface area contributed by atoms with Crippen LogP contribution >= 0.6 is 0 Å². The Labute approximate surface area is 157 Å². The number of hydrogen-bond acceptors (Lipinski definition) is 7. The van der Waals surface area contributed by atoms with E-state index in [1.54, 1.807) is 7.05 Å².